The predicted molar refractivity (Wildman–Crippen MR) is 77.0 cm³/mol. The van der Waals surface area contributed by atoms with Crippen molar-refractivity contribution in [2.45, 2.75) is 33.2 Å². The minimum Gasteiger partial charge on any atom is -0.330 e. The molecule has 4 heteroatoms. The van der Waals surface area contributed by atoms with Crippen LogP contribution >= 0.6 is 11.3 Å². The molecular weight excluding hydrogens is 242 g/mol. The van der Waals surface area contributed by atoms with Crippen molar-refractivity contribution in [3.63, 3.8) is 0 Å². The monoisotopic (exact) mass is 263 g/mol. The zero-order chi connectivity index (χ0) is 13.1. The Kier molecular flexibility index (Phi) is 4.19. The van der Waals surface area contributed by atoms with Crippen LogP contribution in [-0.2, 0) is 6.54 Å². The number of nitrogens with two attached hydrogens (primary N) is 1. The molecular formula is C14H21N3S. The van der Waals surface area contributed by atoms with Gasteiger partial charge in [0.15, 0.2) is 0 Å². The van der Waals surface area contributed by atoms with Crippen LogP contribution in [0.3, 0.4) is 0 Å². The SMILES string of the molecule is Cc1ccc(Cn2cncc2C(CN)C(C)C)s1. The van der Waals surface area contributed by atoms with Crippen LogP contribution in [0.15, 0.2) is 24.7 Å². The third-order valence-corrected chi connectivity index (χ3v) is 4.29. The number of nitrogens with zero attached hydrogens (tertiary/aromatic N) is 2. The maximum Gasteiger partial charge on any atom is 0.0951 e. The van der Waals surface area contributed by atoms with Crippen molar-refractivity contribution in [2.75, 3.05) is 6.54 Å². The number of thiophene rings is 1. The fourth-order valence-corrected chi connectivity index (χ4v) is 3.13. The Morgan fingerprint density at radius 3 is 2.72 bits per heavy atom. The van der Waals surface area contributed by atoms with Crippen LogP contribution in [0.1, 0.15) is 35.2 Å². The zero-order valence-electron chi connectivity index (χ0n) is 11.3. The number of rotatable bonds is 5. The molecule has 0 fully saturated rings. The van der Waals surface area contributed by atoms with Gasteiger partial charge in [0, 0.05) is 34.1 Å². The number of aromatic nitrogens is 2. The summed E-state index contributed by atoms with van der Waals surface area (Å²) in [4.78, 5) is 7.01. The highest BCUT2D eigenvalue weighted by molar-refractivity contribution is 7.11. The summed E-state index contributed by atoms with van der Waals surface area (Å²) in [6.45, 7) is 8.14. The fraction of sp³-hybridized carbons (Fsp3) is 0.500. The number of aryl methyl sites for hydroxylation is 1. The smallest absolute Gasteiger partial charge is 0.0951 e. The number of hydrogen-bond donors (Lipinski definition) is 1. The first kappa shape index (κ1) is 13.3. The lowest BCUT2D eigenvalue weighted by molar-refractivity contribution is 0.478. The van der Waals surface area contributed by atoms with E-state index in [1.807, 2.05) is 23.9 Å². The van der Waals surface area contributed by atoms with E-state index in [0.717, 1.165) is 6.54 Å². The van der Waals surface area contributed by atoms with E-state index in [-0.39, 0.29) is 0 Å². The molecule has 0 saturated heterocycles. The van der Waals surface area contributed by atoms with Gasteiger partial charge in [-0.05, 0) is 25.0 Å². The first-order valence-electron chi connectivity index (χ1n) is 6.37. The predicted octanol–water partition coefficient (Wildman–Crippen LogP) is 3.00. The Hall–Kier alpha value is -1.13. The maximum absolute atomic E-state index is 5.89. The maximum atomic E-state index is 5.89. The first-order chi connectivity index (χ1) is 8.61. The highest BCUT2D eigenvalue weighted by Gasteiger charge is 2.18. The molecule has 0 bridgehead atoms. The molecule has 0 radical (unpaired) electrons. The zero-order valence-corrected chi connectivity index (χ0v) is 12.1. The third kappa shape index (κ3) is 2.82. The number of hydrogen-bond acceptors (Lipinski definition) is 3. The first-order valence-corrected chi connectivity index (χ1v) is 7.19. The Bertz CT molecular complexity index is 499. The van der Waals surface area contributed by atoms with Gasteiger partial charge in [0.05, 0.1) is 12.9 Å². The van der Waals surface area contributed by atoms with Gasteiger partial charge in [-0.2, -0.15) is 0 Å². The van der Waals surface area contributed by atoms with Crippen molar-refractivity contribution >= 4 is 11.3 Å². The van der Waals surface area contributed by atoms with Crippen LogP contribution in [-0.4, -0.2) is 16.1 Å². The van der Waals surface area contributed by atoms with E-state index in [0.29, 0.717) is 18.4 Å². The van der Waals surface area contributed by atoms with Crippen LogP contribution < -0.4 is 5.73 Å². The summed E-state index contributed by atoms with van der Waals surface area (Å²) in [5, 5.41) is 0. The van der Waals surface area contributed by atoms with Crippen LogP contribution in [0, 0.1) is 12.8 Å². The van der Waals surface area contributed by atoms with E-state index in [4.69, 9.17) is 5.73 Å². The summed E-state index contributed by atoms with van der Waals surface area (Å²) < 4.78 is 2.22. The van der Waals surface area contributed by atoms with Crippen molar-refractivity contribution in [2.24, 2.45) is 11.7 Å². The van der Waals surface area contributed by atoms with Gasteiger partial charge in [0.2, 0.25) is 0 Å². The van der Waals surface area contributed by atoms with Gasteiger partial charge in [-0.3, -0.25) is 0 Å². The van der Waals surface area contributed by atoms with Gasteiger partial charge >= 0.3 is 0 Å². The third-order valence-electron chi connectivity index (χ3n) is 3.31. The number of imidazole rings is 1. The van der Waals surface area contributed by atoms with E-state index >= 15 is 0 Å². The molecule has 0 amide bonds. The standard InChI is InChI=1S/C14H21N3S/c1-10(2)13(6-15)14-7-16-9-17(14)8-12-5-4-11(3)18-12/h4-5,7,9-10,13H,6,8,15H2,1-3H3. The Morgan fingerprint density at radius 1 is 1.39 bits per heavy atom. The second-order valence-corrected chi connectivity index (χ2v) is 6.42. The van der Waals surface area contributed by atoms with Crippen LogP contribution in [0.5, 0.6) is 0 Å². The molecule has 0 aliphatic carbocycles. The molecule has 3 nitrogen and oxygen atoms in total. The van der Waals surface area contributed by atoms with Crippen molar-refractivity contribution in [1.82, 2.24) is 9.55 Å². The molecule has 0 saturated carbocycles. The van der Waals surface area contributed by atoms with Crippen molar-refractivity contribution in [3.05, 3.63) is 40.1 Å². The second-order valence-electron chi connectivity index (χ2n) is 5.04. The van der Waals surface area contributed by atoms with Crippen LogP contribution in [0.25, 0.3) is 0 Å². The normalized spacial score (nSPS) is 13.2. The molecule has 1 unspecified atom stereocenters. The highest BCUT2D eigenvalue weighted by atomic mass is 32.1. The lowest BCUT2D eigenvalue weighted by Crippen LogP contribution is -2.21. The molecule has 18 heavy (non-hydrogen) atoms. The topological polar surface area (TPSA) is 43.8 Å². The van der Waals surface area contributed by atoms with E-state index in [2.05, 4.69) is 42.5 Å². The lowest BCUT2D eigenvalue weighted by Gasteiger charge is -2.20. The molecule has 0 aromatic carbocycles. The van der Waals surface area contributed by atoms with E-state index < -0.39 is 0 Å². The molecule has 0 aliphatic rings. The molecule has 1 atom stereocenters. The Labute approximate surface area is 113 Å². The van der Waals surface area contributed by atoms with Gasteiger partial charge in [-0.15, -0.1) is 11.3 Å². The molecule has 2 aromatic rings. The van der Waals surface area contributed by atoms with E-state index in [1.54, 1.807) is 0 Å². The summed E-state index contributed by atoms with van der Waals surface area (Å²) in [6, 6.07) is 4.36. The fourth-order valence-electron chi connectivity index (χ4n) is 2.24. The molecule has 2 aromatic heterocycles. The van der Waals surface area contributed by atoms with Crippen LogP contribution in [0.2, 0.25) is 0 Å². The summed E-state index contributed by atoms with van der Waals surface area (Å²) in [5.74, 6) is 0.920. The highest BCUT2D eigenvalue weighted by Crippen LogP contribution is 2.24. The minimum atomic E-state index is 0.383. The molecule has 2 rings (SSSR count). The lowest BCUT2D eigenvalue weighted by atomic mass is 9.93. The van der Waals surface area contributed by atoms with Crippen LogP contribution in [0.4, 0.5) is 0 Å². The minimum absolute atomic E-state index is 0.383. The largest absolute Gasteiger partial charge is 0.330 e. The molecule has 0 aliphatic heterocycles. The summed E-state index contributed by atoms with van der Waals surface area (Å²) in [5.41, 5.74) is 7.14. The van der Waals surface area contributed by atoms with Gasteiger partial charge in [-0.25, -0.2) is 4.98 Å². The summed E-state index contributed by atoms with van der Waals surface area (Å²) >= 11 is 1.84. The average Bonchev–Trinajstić information content (AvgIpc) is 2.90. The van der Waals surface area contributed by atoms with Gasteiger partial charge in [-0.1, -0.05) is 13.8 Å². The molecule has 2 heterocycles. The van der Waals surface area contributed by atoms with E-state index in [9.17, 15) is 0 Å². The summed E-state index contributed by atoms with van der Waals surface area (Å²) in [7, 11) is 0. The van der Waals surface area contributed by atoms with Gasteiger partial charge in [0.25, 0.3) is 0 Å². The molecule has 0 spiro atoms. The van der Waals surface area contributed by atoms with Crippen molar-refractivity contribution in [3.8, 4) is 0 Å². The van der Waals surface area contributed by atoms with Crippen molar-refractivity contribution in [1.29, 1.82) is 0 Å². The average molecular weight is 263 g/mol. The molecule has 2 N–H and O–H groups in total. The quantitative estimate of drug-likeness (QED) is 0.901. The van der Waals surface area contributed by atoms with Gasteiger partial charge < -0.3 is 10.3 Å². The second kappa shape index (κ2) is 5.67. The van der Waals surface area contributed by atoms with Gasteiger partial charge in [0.1, 0.15) is 0 Å². The Balaban J connectivity index is 2.22. The van der Waals surface area contributed by atoms with E-state index in [1.165, 1.54) is 15.4 Å². The van der Waals surface area contributed by atoms with Crippen molar-refractivity contribution < 1.29 is 0 Å². The Morgan fingerprint density at radius 2 is 2.17 bits per heavy atom. The molecule has 98 valence electrons. The summed E-state index contributed by atoms with van der Waals surface area (Å²) in [6.07, 6.45) is 3.87.